The van der Waals surface area contributed by atoms with Crippen LogP contribution in [0.5, 0.6) is 0 Å². The molecule has 0 saturated heterocycles. The van der Waals surface area contributed by atoms with Gasteiger partial charge in [-0.25, -0.2) is 23.7 Å². The Hall–Kier alpha value is -4.08. The van der Waals surface area contributed by atoms with E-state index in [2.05, 4.69) is 19.9 Å². The van der Waals surface area contributed by atoms with Gasteiger partial charge in [-0.1, -0.05) is 18.2 Å². The lowest BCUT2D eigenvalue weighted by Gasteiger charge is -2.32. The molecule has 0 fully saturated rings. The van der Waals surface area contributed by atoms with Gasteiger partial charge in [-0.2, -0.15) is 26.3 Å². The first-order chi connectivity index (χ1) is 17.2. The molecular formula is C21H16F8N6O2. The molecule has 0 aliphatic rings. The van der Waals surface area contributed by atoms with Gasteiger partial charge in [-0.05, 0) is 12.1 Å². The van der Waals surface area contributed by atoms with Crippen LogP contribution < -0.4 is 11.1 Å². The van der Waals surface area contributed by atoms with Crippen LogP contribution in [0.2, 0.25) is 0 Å². The number of aliphatic hydroxyl groups is 1. The number of allylic oxidation sites excluding steroid dienone is 1. The molecule has 0 amide bonds. The zero-order chi connectivity index (χ0) is 27.4. The first-order valence-corrected chi connectivity index (χ1v) is 10.0. The maximum absolute atomic E-state index is 14.1. The maximum Gasteiger partial charge on any atom is 0.428 e. The highest BCUT2D eigenvalue weighted by molar-refractivity contribution is 6.08. The minimum absolute atomic E-state index is 0.0586. The number of nitrogens with zero attached hydrogens (tertiary/aromatic N) is 4. The monoisotopic (exact) mass is 536 g/mol. The van der Waals surface area contributed by atoms with Crippen LogP contribution in [-0.4, -0.2) is 50.3 Å². The molecule has 3 aromatic rings. The van der Waals surface area contributed by atoms with E-state index in [4.69, 9.17) is 10.2 Å². The second-order valence-electron chi connectivity index (χ2n) is 7.33. The number of benzene rings is 1. The fourth-order valence-corrected chi connectivity index (χ4v) is 2.74. The van der Waals surface area contributed by atoms with E-state index in [-0.39, 0.29) is 29.4 Å². The lowest BCUT2D eigenvalue weighted by atomic mass is 10.0. The number of hydrogen-bond donors (Lipinski definition) is 3. The van der Waals surface area contributed by atoms with Crippen molar-refractivity contribution in [1.29, 1.82) is 0 Å². The topological polar surface area (TPSA) is 122 Å². The molecule has 0 bridgehead atoms. The molecule has 3 rings (SSSR count). The van der Waals surface area contributed by atoms with Gasteiger partial charge in [0.2, 0.25) is 5.89 Å². The van der Waals surface area contributed by atoms with Crippen molar-refractivity contribution in [3.05, 3.63) is 77.9 Å². The Morgan fingerprint density at radius 2 is 1.73 bits per heavy atom. The molecular weight excluding hydrogens is 520 g/mol. The number of aromatic nitrogens is 3. The molecule has 4 N–H and O–H groups in total. The average Bonchev–Trinajstić information content (AvgIpc) is 3.35. The molecule has 1 aromatic carbocycles. The number of nitrogens with two attached hydrogens (primary N) is 1. The van der Waals surface area contributed by atoms with Crippen molar-refractivity contribution in [2.24, 2.45) is 10.7 Å². The summed E-state index contributed by atoms with van der Waals surface area (Å²) in [6.07, 6.45) is -8.31. The van der Waals surface area contributed by atoms with Gasteiger partial charge in [0.05, 0.1) is 31.2 Å². The number of hydrogen-bond acceptors (Lipinski definition) is 8. The molecule has 37 heavy (non-hydrogen) atoms. The van der Waals surface area contributed by atoms with Gasteiger partial charge in [-0.15, -0.1) is 0 Å². The SMILES string of the molecule is NC(=CC(=NCc1ccccc1F)c1ncco1)c1ncc(F)c(NCC(O)(C(F)(F)F)C(F)(F)F)n1. The number of alkyl halides is 6. The Labute approximate surface area is 202 Å². The minimum Gasteiger partial charge on any atom is -0.443 e. The summed E-state index contributed by atoms with van der Waals surface area (Å²) in [6.45, 7) is -2.40. The molecule has 0 atom stereocenters. The summed E-state index contributed by atoms with van der Waals surface area (Å²) < 4.78 is 110. The van der Waals surface area contributed by atoms with Crippen molar-refractivity contribution in [1.82, 2.24) is 15.0 Å². The third-order valence-electron chi connectivity index (χ3n) is 4.77. The Balaban J connectivity index is 1.91. The largest absolute Gasteiger partial charge is 0.443 e. The van der Waals surface area contributed by atoms with Crippen LogP contribution in [0.25, 0.3) is 5.70 Å². The second kappa shape index (κ2) is 10.5. The number of halogens is 8. The Morgan fingerprint density at radius 3 is 2.32 bits per heavy atom. The second-order valence-corrected chi connectivity index (χ2v) is 7.33. The van der Waals surface area contributed by atoms with Crippen molar-refractivity contribution < 1.29 is 44.6 Å². The summed E-state index contributed by atoms with van der Waals surface area (Å²) in [5.41, 5.74) is 0.456. The Morgan fingerprint density at radius 1 is 1.05 bits per heavy atom. The Kier molecular flexibility index (Phi) is 7.80. The predicted molar refractivity (Wildman–Crippen MR) is 113 cm³/mol. The van der Waals surface area contributed by atoms with Crippen LogP contribution in [-0.2, 0) is 6.54 Å². The number of anilines is 1. The van der Waals surface area contributed by atoms with E-state index < -0.39 is 47.8 Å². The van der Waals surface area contributed by atoms with E-state index in [1.807, 2.05) is 0 Å². The number of nitrogens with one attached hydrogen (secondary N) is 1. The van der Waals surface area contributed by atoms with Crippen LogP contribution in [0.1, 0.15) is 17.3 Å². The zero-order valence-corrected chi connectivity index (χ0v) is 18.3. The normalized spacial score (nSPS) is 13.6. The third-order valence-corrected chi connectivity index (χ3v) is 4.77. The predicted octanol–water partition coefficient (Wildman–Crippen LogP) is 4.00. The third kappa shape index (κ3) is 6.19. The van der Waals surface area contributed by atoms with E-state index in [9.17, 15) is 40.2 Å². The molecule has 0 saturated carbocycles. The number of rotatable bonds is 8. The molecule has 0 aliphatic carbocycles. The van der Waals surface area contributed by atoms with Crippen LogP contribution in [0, 0.1) is 11.6 Å². The summed E-state index contributed by atoms with van der Waals surface area (Å²) in [5, 5.41) is 10.7. The number of aliphatic imine (C=N–C) groups is 1. The van der Waals surface area contributed by atoms with Crippen molar-refractivity contribution >= 4 is 17.2 Å². The van der Waals surface area contributed by atoms with Crippen molar-refractivity contribution in [3.63, 3.8) is 0 Å². The van der Waals surface area contributed by atoms with Crippen LogP contribution in [0.15, 0.2) is 58.4 Å². The lowest BCUT2D eigenvalue weighted by molar-refractivity contribution is -0.362. The van der Waals surface area contributed by atoms with Gasteiger partial charge >= 0.3 is 12.4 Å². The van der Waals surface area contributed by atoms with Crippen molar-refractivity contribution in [2.45, 2.75) is 24.5 Å². The highest BCUT2D eigenvalue weighted by atomic mass is 19.4. The molecule has 2 aromatic heterocycles. The van der Waals surface area contributed by atoms with E-state index in [1.165, 1.54) is 36.0 Å². The van der Waals surface area contributed by atoms with Gasteiger partial charge in [0.15, 0.2) is 17.5 Å². The first kappa shape index (κ1) is 27.5. The minimum atomic E-state index is -6.14. The van der Waals surface area contributed by atoms with Crippen LogP contribution >= 0.6 is 0 Å². The summed E-state index contributed by atoms with van der Waals surface area (Å²) in [4.78, 5) is 15.1. The van der Waals surface area contributed by atoms with E-state index in [0.717, 1.165) is 6.08 Å². The van der Waals surface area contributed by atoms with Crippen molar-refractivity contribution in [2.75, 3.05) is 11.9 Å². The van der Waals surface area contributed by atoms with E-state index in [0.29, 0.717) is 6.20 Å². The van der Waals surface area contributed by atoms with Gasteiger partial charge in [-0.3, -0.25) is 4.99 Å². The molecule has 2 heterocycles. The molecule has 16 heteroatoms. The van der Waals surface area contributed by atoms with Crippen LogP contribution in [0.3, 0.4) is 0 Å². The highest BCUT2D eigenvalue weighted by Crippen LogP contribution is 2.43. The summed E-state index contributed by atoms with van der Waals surface area (Å²) in [6, 6.07) is 5.71. The fraction of sp³-hybridized carbons (Fsp3) is 0.238. The lowest BCUT2D eigenvalue weighted by Crippen LogP contribution is -2.61. The van der Waals surface area contributed by atoms with Gasteiger partial charge < -0.3 is 20.6 Å². The average molecular weight is 536 g/mol. The van der Waals surface area contributed by atoms with E-state index in [1.54, 1.807) is 6.07 Å². The highest BCUT2D eigenvalue weighted by Gasteiger charge is 2.70. The quantitative estimate of drug-likeness (QED) is 0.294. The van der Waals surface area contributed by atoms with Crippen molar-refractivity contribution in [3.8, 4) is 0 Å². The molecule has 0 aliphatic heterocycles. The number of oxazole rings is 1. The van der Waals surface area contributed by atoms with Gasteiger partial charge in [0.25, 0.3) is 5.60 Å². The zero-order valence-electron chi connectivity index (χ0n) is 18.3. The van der Waals surface area contributed by atoms with Gasteiger partial charge in [0, 0.05) is 5.56 Å². The smallest absolute Gasteiger partial charge is 0.428 e. The Bertz CT molecular complexity index is 1270. The molecule has 0 radical (unpaired) electrons. The molecule has 0 spiro atoms. The molecule has 198 valence electrons. The van der Waals surface area contributed by atoms with Gasteiger partial charge in [0.1, 0.15) is 17.8 Å². The summed E-state index contributed by atoms with van der Waals surface area (Å²) in [5.74, 6) is -3.69. The summed E-state index contributed by atoms with van der Waals surface area (Å²) in [7, 11) is 0. The maximum atomic E-state index is 14.1. The fourth-order valence-electron chi connectivity index (χ4n) is 2.74. The van der Waals surface area contributed by atoms with Crippen LogP contribution in [0.4, 0.5) is 40.9 Å². The molecule has 8 nitrogen and oxygen atoms in total. The van der Waals surface area contributed by atoms with E-state index >= 15 is 0 Å². The summed E-state index contributed by atoms with van der Waals surface area (Å²) >= 11 is 0. The first-order valence-electron chi connectivity index (χ1n) is 10.0. The molecule has 0 unspecified atom stereocenters. The standard InChI is InChI=1S/C21H16F8N6O2/c22-12-4-2-1-3-11(12)8-32-15(18-31-5-6-37-18)7-14(30)17-33-9-13(23)16(35-17)34-10-19(36,20(24,25)26)21(27,28)29/h1-7,9,36H,8,10,30H2,(H,33,34,35).